The Labute approximate surface area is 174 Å². The summed E-state index contributed by atoms with van der Waals surface area (Å²) in [7, 11) is 1.53. The number of aryl methyl sites for hydroxylation is 1. The Morgan fingerprint density at radius 2 is 1.90 bits per heavy atom. The lowest BCUT2D eigenvalue weighted by Crippen LogP contribution is -2.39. The quantitative estimate of drug-likeness (QED) is 0.685. The van der Waals surface area contributed by atoms with E-state index in [-0.39, 0.29) is 5.91 Å². The predicted molar refractivity (Wildman–Crippen MR) is 115 cm³/mol. The monoisotopic (exact) mass is 414 g/mol. The maximum absolute atomic E-state index is 12.5. The zero-order chi connectivity index (χ0) is 21.2. The lowest BCUT2D eigenvalue weighted by molar-refractivity contribution is -0.122. The number of carbonyl (C=O) groups is 2. The number of halogens is 1. The smallest absolute Gasteiger partial charge is 0.323 e. The number of benzene rings is 2. The van der Waals surface area contributed by atoms with Crippen molar-refractivity contribution in [3.05, 3.63) is 52.5 Å². The first kappa shape index (κ1) is 20.7. The van der Waals surface area contributed by atoms with Gasteiger partial charge in [0.1, 0.15) is 5.75 Å². The summed E-state index contributed by atoms with van der Waals surface area (Å²) in [6.45, 7) is 5.77. The molecule has 3 N–H and O–H groups in total. The minimum Gasteiger partial charge on any atom is -0.495 e. The molecule has 7 nitrogen and oxygen atoms in total. The number of anilines is 2. The van der Waals surface area contributed by atoms with Crippen LogP contribution in [0.1, 0.15) is 31.4 Å². The molecule has 0 aliphatic carbocycles. The number of urea groups is 1. The summed E-state index contributed by atoms with van der Waals surface area (Å²) in [5, 5.41) is 10.5. The van der Waals surface area contributed by atoms with E-state index in [1.165, 1.54) is 7.11 Å². The normalized spacial score (nSPS) is 15.2. The minimum absolute atomic E-state index is 0.122. The van der Waals surface area contributed by atoms with Crippen LogP contribution in [0.15, 0.2) is 41.5 Å². The van der Waals surface area contributed by atoms with Gasteiger partial charge in [0.2, 0.25) is 5.91 Å². The summed E-state index contributed by atoms with van der Waals surface area (Å²) in [6, 6.07) is 10.2. The molecule has 3 rings (SSSR count). The molecule has 0 saturated heterocycles. The van der Waals surface area contributed by atoms with Crippen molar-refractivity contribution in [2.75, 3.05) is 17.7 Å². The molecule has 8 heteroatoms. The molecule has 0 spiro atoms. The maximum Gasteiger partial charge on any atom is 0.323 e. The average molecular weight is 415 g/mol. The number of hydrazone groups is 1. The highest BCUT2D eigenvalue weighted by Crippen LogP contribution is 2.33. The maximum atomic E-state index is 12.5. The largest absolute Gasteiger partial charge is 0.495 e. The van der Waals surface area contributed by atoms with Crippen LogP contribution in [0, 0.1) is 12.3 Å². The highest BCUT2D eigenvalue weighted by Gasteiger charge is 2.33. The average Bonchev–Trinajstić information content (AvgIpc) is 2.63. The van der Waals surface area contributed by atoms with Crippen LogP contribution in [0.2, 0.25) is 5.02 Å². The second-order valence-electron chi connectivity index (χ2n) is 7.51. The van der Waals surface area contributed by atoms with Crippen molar-refractivity contribution in [1.29, 1.82) is 0 Å². The first-order valence-corrected chi connectivity index (χ1v) is 9.47. The molecule has 29 heavy (non-hydrogen) atoms. The number of hydrogen-bond acceptors (Lipinski definition) is 4. The molecule has 0 aromatic heterocycles. The summed E-state index contributed by atoms with van der Waals surface area (Å²) in [5.41, 5.74) is 5.61. The Hall–Kier alpha value is -3.06. The van der Waals surface area contributed by atoms with Gasteiger partial charge in [0.05, 0.1) is 18.5 Å². The molecule has 1 aliphatic rings. The van der Waals surface area contributed by atoms with Gasteiger partial charge in [-0.3, -0.25) is 4.79 Å². The lowest BCUT2D eigenvalue weighted by Gasteiger charge is -2.30. The summed E-state index contributed by atoms with van der Waals surface area (Å²) in [4.78, 5) is 24.2. The van der Waals surface area contributed by atoms with Gasteiger partial charge in [-0.15, -0.1) is 0 Å². The van der Waals surface area contributed by atoms with Gasteiger partial charge in [-0.05, 0) is 48.9 Å². The van der Waals surface area contributed by atoms with Gasteiger partial charge in [-0.25, -0.2) is 10.2 Å². The molecule has 2 aromatic rings. The molecule has 0 unspecified atom stereocenters. The third kappa shape index (κ3) is 4.68. The molecule has 0 saturated carbocycles. The van der Waals surface area contributed by atoms with E-state index in [1.807, 2.05) is 26.8 Å². The molecule has 1 aliphatic heterocycles. The van der Waals surface area contributed by atoms with Crippen molar-refractivity contribution in [1.82, 2.24) is 5.43 Å². The van der Waals surface area contributed by atoms with E-state index in [1.54, 1.807) is 30.3 Å². The highest BCUT2D eigenvalue weighted by atomic mass is 35.5. The van der Waals surface area contributed by atoms with Gasteiger partial charge in [-0.2, -0.15) is 5.10 Å². The Balaban J connectivity index is 1.86. The number of hydrogen-bond donors (Lipinski definition) is 3. The molecule has 0 radical (unpaired) electrons. The third-order valence-corrected chi connectivity index (χ3v) is 4.93. The second kappa shape index (κ2) is 8.13. The Kier molecular flexibility index (Phi) is 5.79. The van der Waals surface area contributed by atoms with Crippen LogP contribution in [0.5, 0.6) is 5.75 Å². The third-order valence-electron chi connectivity index (χ3n) is 4.69. The summed E-state index contributed by atoms with van der Waals surface area (Å²) >= 11 is 5.96. The number of amides is 3. The van der Waals surface area contributed by atoms with Gasteiger partial charge in [0.25, 0.3) is 0 Å². The van der Waals surface area contributed by atoms with E-state index in [0.717, 1.165) is 16.8 Å². The first-order valence-electron chi connectivity index (χ1n) is 9.09. The molecule has 0 bridgehead atoms. The highest BCUT2D eigenvalue weighted by molar-refractivity contribution is 6.30. The van der Waals surface area contributed by atoms with Crippen molar-refractivity contribution in [2.45, 2.75) is 27.2 Å². The predicted octanol–water partition coefficient (Wildman–Crippen LogP) is 4.55. The van der Waals surface area contributed by atoms with Crippen molar-refractivity contribution >= 4 is 40.6 Å². The van der Waals surface area contributed by atoms with Gasteiger partial charge in [0, 0.05) is 28.1 Å². The van der Waals surface area contributed by atoms with E-state index in [4.69, 9.17) is 16.3 Å². The molecule has 2 aromatic carbocycles. The fourth-order valence-corrected chi connectivity index (χ4v) is 3.47. The van der Waals surface area contributed by atoms with Crippen molar-refractivity contribution in [3.63, 3.8) is 0 Å². The summed E-state index contributed by atoms with van der Waals surface area (Å²) in [5.74, 6) is 0.387. The SMILES string of the molecule is COc1ccc(C2=NNC(=O)CC2(C)C)cc1NC(=O)Nc1ccc(Cl)cc1C. The molecule has 0 atom stereocenters. The fraction of sp³-hybridized carbons (Fsp3) is 0.286. The van der Waals surface area contributed by atoms with Crippen LogP contribution >= 0.6 is 11.6 Å². The number of ether oxygens (including phenoxy) is 1. The van der Waals surface area contributed by atoms with Crippen LogP contribution in [0.4, 0.5) is 16.2 Å². The van der Waals surface area contributed by atoms with Gasteiger partial charge >= 0.3 is 6.03 Å². The lowest BCUT2D eigenvalue weighted by atomic mass is 9.79. The Bertz CT molecular complexity index is 1000. The Morgan fingerprint density at radius 3 is 2.55 bits per heavy atom. The van der Waals surface area contributed by atoms with Gasteiger partial charge in [-0.1, -0.05) is 25.4 Å². The van der Waals surface area contributed by atoms with E-state index in [2.05, 4.69) is 21.2 Å². The Morgan fingerprint density at radius 1 is 1.17 bits per heavy atom. The molecule has 1 heterocycles. The minimum atomic E-state index is -0.434. The van der Waals surface area contributed by atoms with E-state index >= 15 is 0 Å². The zero-order valence-corrected chi connectivity index (χ0v) is 17.5. The topological polar surface area (TPSA) is 91.8 Å². The van der Waals surface area contributed by atoms with E-state index < -0.39 is 11.4 Å². The molecular weight excluding hydrogens is 392 g/mol. The van der Waals surface area contributed by atoms with Crippen LogP contribution in [0.25, 0.3) is 0 Å². The summed E-state index contributed by atoms with van der Waals surface area (Å²) in [6.07, 6.45) is 0.330. The van der Waals surface area contributed by atoms with E-state index in [9.17, 15) is 9.59 Å². The van der Waals surface area contributed by atoms with Crippen molar-refractivity contribution < 1.29 is 14.3 Å². The van der Waals surface area contributed by atoms with Crippen molar-refractivity contribution in [3.8, 4) is 5.75 Å². The number of nitrogens with one attached hydrogen (secondary N) is 3. The number of methoxy groups -OCH3 is 1. The van der Waals surface area contributed by atoms with Crippen LogP contribution in [0.3, 0.4) is 0 Å². The molecular formula is C21H23ClN4O3. The molecule has 3 amide bonds. The van der Waals surface area contributed by atoms with Crippen LogP contribution < -0.4 is 20.8 Å². The second-order valence-corrected chi connectivity index (χ2v) is 7.95. The molecule has 152 valence electrons. The standard InChI is InChI=1S/C21H23ClN4O3/c1-12-9-14(22)6-7-15(12)23-20(28)24-16-10-13(5-8-17(16)29-4)19-21(2,3)11-18(27)25-26-19/h5-10H,11H2,1-4H3,(H,25,27)(H2,23,24,28). The van der Waals surface area contributed by atoms with E-state index in [0.29, 0.717) is 28.6 Å². The van der Waals surface area contributed by atoms with Crippen molar-refractivity contribution in [2.24, 2.45) is 10.5 Å². The number of rotatable bonds is 4. The van der Waals surface area contributed by atoms with Gasteiger partial charge < -0.3 is 15.4 Å². The van der Waals surface area contributed by atoms with Gasteiger partial charge in [0.15, 0.2) is 0 Å². The van der Waals surface area contributed by atoms with Crippen LogP contribution in [-0.2, 0) is 4.79 Å². The fourth-order valence-electron chi connectivity index (χ4n) is 3.25. The number of nitrogens with zero attached hydrogens (tertiary/aromatic N) is 1. The number of carbonyl (C=O) groups excluding carboxylic acids is 2. The molecule has 0 fully saturated rings. The van der Waals surface area contributed by atoms with Crippen LogP contribution in [-0.4, -0.2) is 24.8 Å². The first-order chi connectivity index (χ1) is 13.7. The zero-order valence-electron chi connectivity index (χ0n) is 16.7. The summed E-state index contributed by atoms with van der Waals surface area (Å²) < 4.78 is 5.38.